The molecule has 2 atom stereocenters. The van der Waals surface area contributed by atoms with Gasteiger partial charge in [0.1, 0.15) is 5.75 Å². The lowest BCUT2D eigenvalue weighted by Crippen LogP contribution is -2.54. The molecule has 1 fully saturated rings. The van der Waals surface area contributed by atoms with Crippen LogP contribution in [0.4, 0.5) is 8.78 Å². The van der Waals surface area contributed by atoms with Gasteiger partial charge in [-0.25, -0.2) is 0 Å². The van der Waals surface area contributed by atoms with E-state index in [1.165, 1.54) is 17.7 Å². The van der Waals surface area contributed by atoms with Gasteiger partial charge in [0.15, 0.2) is 32.9 Å². The monoisotopic (exact) mass is 621 g/mol. The molecule has 0 radical (unpaired) electrons. The lowest BCUT2D eigenvalue weighted by atomic mass is 9.87. The lowest BCUT2D eigenvalue weighted by molar-refractivity contribution is -0.477. The van der Waals surface area contributed by atoms with Crippen molar-refractivity contribution in [1.29, 1.82) is 0 Å². The van der Waals surface area contributed by atoms with Crippen molar-refractivity contribution in [1.82, 2.24) is 0 Å². The zero-order chi connectivity index (χ0) is 31.3. The first-order valence-corrected chi connectivity index (χ1v) is 16.3. The summed E-state index contributed by atoms with van der Waals surface area (Å²) in [5, 5.41) is -4.45. The van der Waals surface area contributed by atoms with Crippen molar-refractivity contribution in [2.45, 2.75) is 98.9 Å². The fraction of sp³-hybridized carbons (Fsp3) is 0.438. The minimum atomic E-state index is -5.63. The van der Waals surface area contributed by atoms with E-state index >= 15 is 0 Å². The molecule has 0 bridgehead atoms. The smallest absolute Gasteiger partial charge is 0.405 e. The minimum absolute atomic E-state index is 0.0122. The molecule has 42 heavy (non-hydrogen) atoms. The topological polar surface area (TPSA) is 82.1 Å². The molecular weight excluding hydrogens is 582 g/mol. The number of benzene rings is 3. The molecule has 3 aromatic carbocycles. The van der Waals surface area contributed by atoms with Crippen molar-refractivity contribution < 1.29 is 36.0 Å². The number of rotatable bonds is 8. The van der Waals surface area contributed by atoms with Crippen molar-refractivity contribution in [2.24, 2.45) is 5.41 Å². The molecule has 1 saturated heterocycles. The molecule has 0 aromatic heterocycles. The number of halogens is 2. The molecule has 2 unspecified atom stereocenters. The second-order valence-electron chi connectivity index (χ2n) is 12.8. The molecule has 0 spiro atoms. The predicted molar refractivity (Wildman–Crippen MR) is 160 cm³/mol. The third-order valence-corrected chi connectivity index (χ3v) is 10.4. The van der Waals surface area contributed by atoms with Crippen LogP contribution in [0.5, 0.6) is 5.75 Å². The van der Waals surface area contributed by atoms with E-state index in [1.807, 2.05) is 31.2 Å². The van der Waals surface area contributed by atoms with E-state index in [4.69, 9.17) is 18.8 Å². The van der Waals surface area contributed by atoms with Gasteiger partial charge in [-0.15, -0.1) is 0 Å². The molecule has 228 valence electrons. The van der Waals surface area contributed by atoms with Crippen LogP contribution in [-0.4, -0.2) is 30.6 Å². The van der Waals surface area contributed by atoms with Crippen LogP contribution in [0, 0.1) is 5.41 Å². The SMILES string of the molecule is CC(Oc1ccc([S+](c2ccc(C(C)(C)C)cc2)c2ccc(C3(C)OC(C(C)(C)C)O3)cc2)cc1)C(F)(F)S(=O)(=O)O. The van der Waals surface area contributed by atoms with Gasteiger partial charge in [0.05, 0.1) is 10.9 Å². The molecule has 1 heterocycles. The van der Waals surface area contributed by atoms with Gasteiger partial charge < -0.3 is 14.2 Å². The summed E-state index contributed by atoms with van der Waals surface area (Å²) in [6, 6.07) is 23.1. The minimum Gasteiger partial charge on any atom is -0.483 e. The summed E-state index contributed by atoms with van der Waals surface area (Å²) in [6.07, 6.45) is -2.39. The van der Waals surface area contributed by atoms with E-state index in [0.29, 0.717) is 0 Å². The Morgan fingerprint density at radius 1 is 0.833 bits per heavy atom. The standard InChI is InChI=1S/C32H38F2O6S2/c1-21(32(33,34)42(35,36)37)38-24-13-19-27(20-14-24)41(25-15-9-22(10-16-25)29(2,3)4)26-17-11-23(12-18-26)31(8)39-28(40-31)30(5,6)7/h9-21,28H,1-8H3/p+1. The van der Waals surface area contributed by atoms with Crippen LogP contribution in [0.1, 0.15) is 66.5 Å². The molecule has 1 aliphatic rings. The van der Waals surface area contributed by atoms with E-state index in [2.05, 4.69) is 65.8 Å². The lowest BCUT2D eigenvalue weighted by Gasteiger charge is -2.50. The summed E-state index contributed by atoms with van der Waals surface area (Å²) in [7, 11) is -6.19. The average Bonchev–Trinajstić information content (AvgIpc) is 2.87. The molecule has 1 aliphatic heterocycles. The zero-order valence-electron chi connectivity index (χ0n) is 25.1. The van der Waals surface area contributed by atoms with E-state index < -0.39 is 38.2 Å². The largest absolute Gasteiger partial charge is 0.483 e. The van der Waals surface area contributed by atoms with Crippen molar-refractivity contribution in [3.8, 4) is 5.75 Å². The van der Waals surface area contributed by atoms with Crippen LogP contribution >= 0.6 is 0 Å². The second-order valence-corrected chi connectivity index (χ2v) is 16.3. The van der Waals surface area contributed by atoms with Gasteiger partial charge >= 0.3 is 15.4 Å². The third-order valence-electron chi connectivity index (χ3n) is 7.13. The first-order valence-electron chi connectivity index (χ1n) is 13.6. The maximum Gasteiger partial charge on any atom is 0.405 e. The number of hydrogen-bond donors (Lipinski definition) is 1. The van der Waals surface area contributed by atoms with Gasteiger partial charge in [0, 0.05) is 11.0 Å². The van der Waals surface area contributed by atoms with Crippen LogP contribution < -0.4 is 4.74 Å². The molecule has 0 amide bonds. The first kappa shape index (κ1) is 32.4. The Morgan fingerprint density at radius 3 is 1.67 bits per heavy atom. The van der Waals surface area contributed by atoms with Gasteiger partial charge in [-0.05, 0) is 85.5 Å². The summed E-state index contributed by atoms with van der Waals surface area (Å²) in [6.45, 7) is 15.4. The number of hydrogen-bond acceptors (Lipinski definition) is 5. The summed E-state index contributed by atoms with van der Waals surface area (Å²) >= 11 is 0. The van der Waals surface area contributed by atoms with Gasteiger partial charge in [0.25, 0.3) is 0 Å². The molecular formula is C32H39F2O6S2+. The highest BCUT2D eigenvalue weighted by atomic mass is 32.2. The highest BCUT2D eigenvalue weighted by molar-refractivity contribution is 7.97. The van der Waals surface area contributed by atoms with Crippen molar-refractivity contribution in [2.75, 3.05) is 0 Å². The Morgan fingerprint density at radius 2 is 1.26 bits per heavy atom. The fourth-order valence-electron chi connectivity index (χ4n) is 4.44. The fourth-order valence-corrected chi connectivity index (χ4v) is 6.95. The predicted octanol–water partition coefficient (Wildman–Crippen LogP) is 7.92. The van der Waals surface area contributed by atoms with Crippen molar-refractivity contribution in [3.05, 3.63) is 83.9 Å². The van der Waals surface area contributed by atoms with Crippen LogP contribution in [0.15, 0.2) is 87.5 Å². The summed E-state index contributed by atoms with van der Waals surface area (Å²) in [4.78, 5) is 2.99. The maximum atomic E-state index is 14.0. The Kier molecular flexibility index (Phi) is 8.65. The number of alkyl halides is 2. The van der Waals surface area contributed by atoms with Gasteiger partial charge in [-0.1, -0.05) is 53.7 Å². The maximum absolute atomic E-state index is 14.0. The Labute approximate surface area is 250 Å². The van der Waals surface area contributed by atoms with E-state index in [-0.39, 0.29) is 22.9 Å². The average molecular weight is 622 g/mol. The zero-order valence-corrected chi connectivity index (χ0v) is 26.8. The normalized spacial score (nSPS) is 21.4. The summed E-state index contributed by atoms with van der Waals surface area (Å²) < 4.78 is 76.6. The van der Waals surface area contributed by atoms with Crippen LogP contribution in [0.25, 0.3) is 0 Å². The highest BCUT2D eigenvalue weighted by Crippen LogP contribution is 2.45. The van der Waals surface area contributed by atoms with E-state index in [9.17, 15) is 17.2 Å². The van der Waals surface area contributed by atoms with Crippen LogP contribution in [-0.2, 0) is 41.7 Å². The van der Waals surface area contributed by atoms with Gasteiger partial charge in [0.2, 0.25) is 0 Å². The van der Waals surface area contributed by atoms with E-state index in [1.54, 1.807) is 12.1 Å². The Hall–Kier alpha value is -2.50. The quantitative estimate of drug-likeness (QED) is 0.203. The summed E-state index contributed by atoms with van der Waals surface area (Å²) in [5.41, 5.74) is 1.95. The number of ether oxygens (including phenoxy) is 3. The second kappa shape index (κ2) is 11.2. The molecule has 3 aromatic rings. The molecule has 1 N–H and O–H groups in total. The molecule has 0 saturated carbocycles. The van der Waals surface area contributed by atoms with Crippen molar-refractivity contribution >= 4 is 21.0 Å². The molecule has 6 nitrogen and oxygen atoms in total. The first-order chi connectivity index (χ1) is 19.2. The van der Waals surface area contributed by atoms with Crippen LogP contribution in [0.2, 0.25) is 0 Å². The molecule has 0 aliphatic carbocycles. The van der Waals surface area contributed by atoms with Crippen molar-refractivity contribution in [3.63, 3.8) is 0 Å². The molecule has 4 rings (SSSR count). The Bertz CT molecular complexity index is 1490. The van der Waals surface area contributed by atoms with Gasteiger partial charge in [-0.3, -0.25) is 4.55 Å². The Balaban J connectivity index is 1.65. The summed E-state index contributed by atoms with van der Waals surface area (Å²) in [5.74, 6) is -0.777. The molecule has 10 heteroatoms. The third kappa shape index (κ3) is 6.68. The van der Waals surface area contributed by atoms with Crippen LogP contribution in [0.3, 0.4) is 0 Å². The highest BCUT2D eigenvalue weighted by Gasteiger charge is 2.51. The van der Waals surface area contributed by atoms with Gasteiger partial charge in [-0.2, -0.15) is 17.2 Å². The van der Waals surface area contributed by atoms with E-state index in [0.717, 1.165) is 27.2 Å².